The first-order valence-corrected chi connectivity index (χ1v) is 7.40. The van der Waals surface area contributed by atoms with Crippen LogP contribution in [0.4, 0.5) is 11.4 Å². The molecule has 0 fully saturated rings. The zero-order valence-corrected chi connectivity index (χ0v) is 13.8. The van der Waals surface area contributed by atoms with Crippen LogP contribution >= 0.6 is 38.5 Å². The monoisotopic (exact) mass is 431 g/mol. The Kier molecular flexibility index (Phi) is 4.46. The van der Waals surface area contributed by atoms with Crippen LogP contribution in [0.2, 0.25) is 0 Å². The minimum absolute atomic E-state index is 0.326. The fourth-order valence-electron chi connectivity index (χ4n) is 1.73. The summed E-state index contributed by atoms with van der Waals surface area (Å²) in [5, 5.41) is 12.3. The Labute approximate surface area is 133 Å². The van der Waals surface area contributed by atoms with Crippen molar-refractivity contribution in [2.45, 2.75) is 6.92 Å². The summed E-state index contributed by atoms with van der Waals surface area (Å²) in [7, 11) is 0. The van der Waals surface area contributed by atoms with Gasteiger partial charge in [-0.05, 0) is 87.4 Å². The van der Waals surface area contributed by atoms with E-state index < -0.39 is 5.97 Å². The number of hydrogen-bond acceptors (Lipinski definition) is 2. The summed E-state index contributed by atoms with van der Waals surface area (Å²) in [6.45, 7) is 1.79. The Morgan fingerprint density at radius 1 is 1.26 bits per heavy atom. The van der Waals surface area contributed by atoms with Crippen LogP contribution in [-0.2, 0) is 0 Å². The van der Waals surface area contributed by atoms with E-state index in [0.29, 0.717) is 5.56 Å². The molecule has 0 heterocycles. The maximum absolute atomic E-state index is 11.0. The number of halogens is 2. The van der Waals surface area contributed by atoms with Crippen molar-refractivity contribution in [1.29, 1.82) is 0 Å². The highest BCUT2D eigenvalue weighted by Crippen LogP contribution is 2.28. The highest BCUT2D eigenvalue weighted by Gasteiger charge is 2.08. The molecule has 0 amide bonds. The molecule has 0 bridgehead atoms. The molecule has 0 atom stereocenters. The summed E-state index contributed by atoms with van der Waals surface area (Å²) >= 11 is 5.75. The summed E-state index contributed by atoms with van der Waals surface area (Å²) in [5.41, 5.74) is 2.87. The lowest BCUT2D eigenvalue weighted by atomic mass is 10.1. The summed E-state index contributed by atoms with van der Waals surface area (Å²) in [6, 6.07) is 11.2. The van der Waals surface area contributed by atoms with Crippen molar-refractivity contribution in [3.8, 4) is 0 Å². The summed E-state index contributed by atoms with van der Waals surface area (Å²) in [4.78, 5) is 11.0. The van der Waals surface area contributed by atoms with Crippen LogP contribution in [0.25, 0.3) is 0 Å². The second-order valence-electron chi connectivity index (χ2n) is 4.08. The van der Waals surface area contributed by atoms with Gasteiger partial charge in [0.2, 0.25) is 0 Å². The van der Waals surface area contributed by atoms with Crippen LogP contribution in [0.3, 0.4) is 0 Å². The second kappa shape index (κ2) is 5.92. The van der Waals surface area contributed by atoms with Gasteiger partial charge in [0, 0.05) is 13.7 Å². The van der Waals surface area contributed by atoms with E-state index in [1.165, 1.54) is 0 Å². The molecule has 0 saturated carbocycles. The number of benzene rings is 2. The average Bonchev–Trinajstić information content (AvgIpc) is 2.32. The molecule has 0 saturated heterocycles. The molecule has 3 nitrogen and oxygen atoms in total. The molecule has 0 unspecified atom stereocenters. The molecular formula is C14H11BrINO2. The summed E-state index contributed by atoms with van der Waals surface area (Å²) in [5.74, 6) is -0.903. The lowest BCUT2D eigenvalue weighted by Gasteiger charge is -2.10. The van der Waals surface area contributed by atoms with Gasteiger partial charge in [0.05, 0.1) is 11.3 Å². The number of aryl methyl sites for hydroxylation is 1. The lowest BCUT2D eigenvalue weighted by Crippen LogP contribution is -2.00. The molecule has 0 aliphatic heterocycles. The number of carboxylic acid groups (broad SMARTS) is 1. The molecule has 2 aromatic rings. The van der Waals surface area contributed by atoms with Crippen LogP contribution in [0.5, 0.6) is 0 Å². The SMILES string of the molecule is Cc1cc(Nc2ccc(I)cc2Br)ccc1C(=O)O. The molecule has 2 aromatic carbocycles. The molecule has 2 N–H and O–H groups in total. The van der Waals surface area contributed by atoms with Gasteiger partial charge in [0.25, 0.3) is 0 Å². The Morgan fingerprint density at radius 3 is 2.58 bits per heavy atom. The predicted octanol–water partition coefficient (Wildman–Crippen LogP) is 4.80. The van der Waals surface area contributed by atoms with Crippen LogP contribution in [-0.4, -0.2) is 11.1 Å². The van der Waals surface area contributed by atoms with Gasteiger partial charge in [0.1, 0.15) is 0 Å². The van der Waals surface area contributed by atoms with Crippen LogP contribution in [0, 0.1) is 10.5 Å². The van der Waals surface area contributed by atoms with Gasteiger partial charge in [-0.25, -0.2) is 4.79 Å². The molecule has 0 radical (unpaired) electrons. The Hall–Kier alpha value is -1.08. The van der Waals surface area contributed by atoms with Crippen molar-refractivity contribution < 1.29 is 9.90 Å². The van der Waals surface area contributed by atoms with Crippen LogP contribution in [0.1, 0.15) is 15.9 Å². The standard InChI is InChI=1S/C14H11BrINO2/c1-8-6-10(3-4-11(8)14(18)19)17-13-5-2-9(16)7-12(13)15/h2-7,17H,1H3,(H,18,19). The van der Waals surface area contributed by atoms with Crippen molar-refractivity contribution >= 4 is 55.9 Å². The zero-order valence-electron chi connectivity index (χ0n) is 10.1. The molecule has 0 spiro atoms. The molecule has 19 heavy (non-hydrogen) atoms. The largest absolute Gasteiger partial charge is 0.478 e. The Bertz CT molecular complexity index is 643. The van der Waals surface area contributed by atoms with Gasteiger partial charge in [-0.1, -0.05) is 0 Å². The van der Waals surface area contributed by atoms with E-state index in [0.717, 1.165) is 25.0 Å². The predicted molar refractivity (Wildman–Crippen MR) is 88.3 cm³/mol. The summed E-state index contributed by atoms with van der Waals surface area (Å²) in [6.07, 6.45) is 0. The van der Waals surface area contributed by atoms with E-state index in [1.807, 2.05) is 24.3 Å². The molecule has 0 aliphatic rings. The van der Waals surface area contributed by atoms with Gasteiger partial charge in [-0.2, -0.15) is 0 Å². The molecule has 2 rings (SSSR count). The van der Waals surface area contributed by atoms with Crippen molar-refractivity contribution in [2.75, 3.05) is 5.32 Å². The van der Waals surface area contributed by atoms with Crippen molar-refractivity contribution in [1.82, 2.24) is 0 Å². The Morgan fingerprint density at radius 2 is 2.00 bits per heavy atom. The van der Waals surface area contributed by atoms with Crippen LogP contribution in [0.15, 0.2) is 40.9 Å². The minimum atomic E-state index is -0.903. The highest BCUT2D eigenvalue weighted by atomic mass is 127. The first-order chi connectivity index (χ1) is 8.97. The normalized spacial score (nSPS) is 10.3. The third kappa shape index (κ3) is 3.48. The number of carbonyl (C=O) groups is 1. The van der Waals surface area contributed by atoms with Gasteiger partial charge in [0.15, 0.2) is 0 Å². The van der Waals surface area contributed by atoms with E-state index in [2.05, 4.69) is 43.8 Å². The molecular weight excluding hydrogens is 421 g/mol. The van der Waals surface area contributed by atoms with Gasteiger partial charge < -0.3 is 10.4 Å². The molecule has 0 aromatic heterocycles. The van der Waals surface area contributed by atoms with E-state index in [9.17, 15) is 4.79 Å². The van der Waals surface area contributed by atoms with E-state index in [-0.39, 0.29) is 0 Å². The topological polar surface area (TPSA) is 49.3 Å². The Balaban J connectivity index is 2.29. The highest BCUT2D eigenvalue weighted by molar-refractivity contribution is 14.1. The van der Waals surface area contributed by atoms with E-state index in [4.69, 9.17) is 5.11 Å². The number of hydrogen-bond donors (Lipinski definition) is 2. The number of aromatic carboxylic acids is 1. The van der Waals surface area contributed by atoms with Crippen molar-refractivity contribution in [2.24, 2.45) is 0 Å². The average molecular weight is 432 g/mol. The van der Waals surface area contributed by atoms with Gasteiger partial charge >= 0.3 is 5.97 Å². The number of rotatable bonds is 3. The van der Waals surface area contributed by atoms with E-state index in [1.54, 1.807) is 19.1 Å². The first kappa shape index (κ1) is 14.3. The van der Waals surface area contributed by atoms with Gasteiger partial charge in [-0.15, -0.1) is 0 Å². The molecule has 5 heteroatoms. The van der Waals surface area contributed by atoms with Crippen LogP contribution < -0.4 is 5.32 Å². The minimum Gasteiger partial charge on any atom is -0.478 e. The fourth-order valence-corrected chi connectivity index (χ4v) is 3.12. The second-order valence-corrected chi connectivity index (χ2v) is 6.18. The maximum atomic E-state index is 11.0. The fraction of sp³-hybridized carbons (Fsp3) is 0.0714. The smallest absolute Gasteiger partial charge is 0.335 e. The number of nitrogens with one attached hydrogen (secondary N) is 1. The molecule has 0 aliphatic carbocycles. The third-order valence-corrected chi connectivity index (χ3v) is 3.99. The van der Waals surface area contributed by atoms with Crippen molar-refractivity contribution in [3.63, 3.8) is 0 Å². The van der Waals surface area contributed by atoms with Gasteiger partial charge in [-0.3, -0.25) is 0 Å². The van der Waals surface area contributed by atoms with Crippen molar-refractivity contribution in [3.05, 3.63) is 55.6 Å². The number of carboxylic acids is 1. The van der Waals surface area contributed by atoms with E-state index >= 15 is 0 Å². The third-order valence-electron chi connectivity index (χ3n) is 2.67. The molecule has 98 valence electrons. The first-order valence-electron chi connectivity index (χ1n) is 5.53. The maximum Gasteiger partial charge on any atom is 0.335 e. The quantitative estimate of drug-likeness (QED) is 0.686. The zero-order chi connectivity index (χ0) is 14.0. The summed E-state index contributed by atoms with van der Waals surface area (Å²) < 4.78 is 2.12. The lowest BCUT2D eigenvalue weighted by molar-refractivity contribution is 0.0696. The number of anilines is 2.